The summed E-state index contributed by atoms with van der Waals surface area (Å²) in [5.41, 5.74) is 17.6. The topological polar surface area (TPSA) is 397 Å². The van der Waals surface area contributed by atoms with Crippen molar-refractivity contribution in [3.63, 3.8) is 0 Å². The molecule has 4 unspecified atom stereocenters. The molecule has 0 fully saturated rings. The highest BCUT2D eigenvalue weighted by Gasteiger charge is 2.36. The molecular formula is C106H106FN11O16S4. The summed E-state index contributed by atoms with van der Waals surface area (Å²) in [6, 6.07) is 76.8. The molecule has 12 aromatic carbocycles. The zero-order valence-electron chi connectivity index (χ0n) is 76.5. The fraction of sp³-hybridized carbons (Fsp3) is 0.226. The van der Waals surface area contributed by atoms with E-state index in [1.165, 1.54) is 48.0 Å². The minimum atomic E-state index is -4.06. The van der Waals surface area contributed by atoms with Gasteiger partial charge in [-0.2, -0.15) is 14.2 Å². The van der Waals surface area contributed by atoms with Gasteiger partial charge in [0, 0.05) is 79.4 Å². The Kier molecular flexibility index (Phi) is 32.3. The number of carbonyl (C=O) groups is 8. The van der Waals surface area contributed by atoms with Crippen molar-refractivity contribution in [2.45, 2.75) is 155 Å². The first-order valence-electron chi connectivity index (χ1n) is 45.1. The zero-order chi connectivity index (χ0) is 98.0. The smallest absolute Gasteiger partial charge is 0.243 e. The summed E-state index contributed by atoms with van der Waals surface area (Å²) in [4.78, 5) is 102. The minimum absolute atomic E-state index is 0.00432. The molecule has 10 N–H and O–H groups in total. The standard InChI is InChI=1S/C29H29N3O4S.C27H28N2O4S.C26H27N3O4S.C24H22FN3O4S/c33-28-14-11-24-20-25(12-13-26(24)30-28)37(35,36)31-27(19-21-7-3-1-4-8-21)29(34)32-17-15-23(16-18-32)22-9-5-2-6-10-22;1-17-13-18(2)26(19(3)14-17)29-27(31)23(20-7-5-4-6-8-20)16-34(32,33)22-10-11-24-21(15-22)9-12-25(30)28-24;1-17-8-11-22(18(2)14-17)28-26(31)24(15-19-6-4-3-5-7-19)29-34(32,33)21-10-12-23-20(16-21)9-13-25(30)27-23;25-19-9-6-16(7-10-19)15-26-24(30)23(17-4-2-1-3-5-17)28-33(31,32)20-11-12-21-18(14-20)8-13-22(29)27-21/h1-10,12-13,15,20,27,31H,11,14,16-19H2,(H,30,33);4-8,10-11,13-15,23H,9,12,16H2,1-3H3,(H,28,30)(H,29,31);3-8,10-12,14,16,24,29H,9,13,15H2,1-2H3,(H,27,30)(H,28,31);1-7,9-12,14,23,28H,8,13,15H2,(H,26,30)(H,27,29). The van der Waals surface area contributed by atoms with Gasteiger partial charge in [0.15, 0.2) is 9.84 Å². The van der Waals surface area contributed by atoms with Crippen LogP contribution < -0.4 is 51.4 Å². The molecule has 17 rings (SSSR count). The summed E-state index contributed by atoms with van der Waals surface area (Å²) in [7, 11) is -15.8. The number of aryl methyl sites for hydroxylation is 9. The number of rotatable bonds is 27. The molecule has 4 atom stereocenters. The second-order valence-electron chi connectivity index (χ2n) is 34.4. The van der Waals surface area contributed by atoms with Crippen LogP contribution in [0.25, 0.3) is 5.57 Å². The van der Waals surface area contributed by atoms with E-state index in [9.17, 15) is 76.4 Å². The molecular weight excluding hydrogens is 1830 g/mol. The number of fused-ring (bicyclic) bond motifs is 4. The highest BCUT2D eigenvalue weighted by molar-refractivity contribution is 7.91. The molecule has 8 amide bonds. The van der Waals surface area contributed by atoms with E-state index >= 15 is 0 Å². The number of anilines is 6. The first kappa shape index (κ1) is 99.7. The van der Waals surface area contributed by atoms with Crippen molar-refractivity contribution in [3.05, 3.63) is 374 Å². The molecule has 0 saturated carbocycles. The lowest BCUT2D eigenvalue weighted by Crippen LogP contribution is -2.50. The van der Waals surface area contributed by atoms with E-state index in [0.717, 1.165) is 66.8 Å². The van der Waals surface area contributed by atoms with Gasteiger partial charge in [0.2, 0.25) is 77.3 Å². The van der Waals surface area contributed by atoms with E-state index in [0.29, 0.717) is 115 Å². The first-order chi connectivity index (χ1) is 66.0. The van der Waals surface area contributed by atoms with Gasteiger partial charge in [-0.1, -0.05) is 205 Å². The molecule has 0 saturated heterocycles. The predicted octanol–water partition coefficient (Wildman–Crippen LogP) is 15.2. The van der Waals surface area contributed by atoms with E-state index in [1.807, 2.05) is 156 Å². The Labute approximate surface area is 802 Å². The maximum Gasteiger partial charge on any atom is 0.243 e. The third kappa shape index (κ3) is 26.3. The van der Waals surface area contributed by atoms with Crippen LogP contribution in [0.2, 0.25) is 0 Å². The van der Waals surface area contributed by atoms with Crippen LogP contribution in [0.1, 0.15) is 128 Å². The Balaban J connectivity index is 0.000000147. The number of sulfonamides is 3. The summed E-state index contributed by atoms with van der Waals surface area (Å²) >= 11 is 0. The molecule has 0 spiro atoms. The molecule has 0 aliphatic carbocycles. The van der Waals surface area contributed by atoms with Crippen LogP contribution in [0.4, 0.5) is 38.5 Å². The van der Waals surface area contributed by atoms with Crippen LogP contribution in [0, 0.1) is 40.4 Å². The van der Waals surface area contributed by atoms with Crippen molar-refractivity contribution in [2.24, 2.45) is 0 Å². The molecule has 138 heavy (non-hydrogen) atoms. The van der Waals surface area contributed by atoms with Gasteiger partial charge in [0.05, 0.1) is 31.3 Å². The Bertz CT molecular complexity index is 7090. The average Bonchev–Trinajstić information content (AvgIpc) is 0.799. The van der Waals surface area contributed by atoms with Crippen LogP contribution >= 0.6 is 0 Å². The molecule has 0 bridgehead atoms. The number of hydrogen-bond acceptors (Lipinski definition) is 16. The number of amides is 8. The third-order valence-electron chi connectivity index (χ3n) is 24.1. The van der Waals surface area contributed by atoms with Gasteiger partial charge in [-0.05, 0) is 248 Å². The second-order valence-corrected chi connectivity index (χ2v) is 41.6. The molecule has 32 heteroatoms. The Hall–Kier alpha value is -14.3. The molecule has 712 valence electrons. The van der Waals surface area contributed by atoms with Crippen molar-refractivity contribution >= 4 is 127 Å². The van der Waals surface area contributed by atoms with E-state index < -0.39 is 75.8 Å². The lowest BCUT2D eigenvalue weighted by molar-refractivity contribution is -0.132. The summed E-state index contributed by atoms with van der Waals surface area (Å²) in [5.74, 6) is -3.60. The summed E-state index contributed by atoms with van der Waals surface area (Å²) in [6.07, 6.45) is 6.26. The van der Waals surface area contributed by atoms with Crippen molar-refractivity contribution in [1.29, 1.82) is 0 Å². The predicted molar refractivity (Wildman–Crippen MR) is 531 cm³/mol. The highest BCUT2D eigenvalue weighted by atomic mass is 32.2. The van der Waals surface area contributed by atoms with Gasteiger partial charge in [0.1, 0.15) is 23.9 Å². The molecule has 5 aliphatic rings. The van der Waals surface area contributed by atoms with Crippen LogP contribution in [0.3, 0.4) is 0 Å². The van der Waals surface area contributed by atoms with Crippen molar-refractivity contribution in [3.8, 4) is 0 Å². The van der Waals surface area contributed by atoms with Crippen molar-refractivity contribution in [2.75, 3.05) is 50.7 Å². The number of hydrogen-bond donors (Lipinski definition) is 10. The molecule has 5 heterocycles. The van der Waals surface area contributed by atoms with Crippen LogP contribution in [-0.2, 0) is 123 Å². The number of benzene rings is 12. The molecule has 0 aromatic heterocycles. The van der Waals surface area contributed by atoms with Gasteiger partial charge in [0.25, 0.3) is 0 Å². The van der Waals surface area contributed by atoms with E-state index in [-0.39, 0.29) is 92.4 Å². The normalized spacial score (nSPS) is 14.7. The highest BCUT2D eigenvalue weighted by Crippen LogP contribution is 2.35. The maximum atomic E-state index is 13.6. The molecule has 12 aromatic rings. The molecule has 27 nitrogen and oxygen atoms in total. The quantitative estimate of drug-likeness (QED) is 0.0229. The van der Waals surface area contributed by atoms with E-state index in [4.69, 9.17) is 0 Å². The van der Waals surface area contributed by atoms with Gasteiger partial charge < -0.3 is 42.1 Å². The fourth-order valence-electron chi connectivity index (χ4n) is 16.8. The number of nitrogens with one attached hydrogen (secondary N) is 10. The van der Waals surface area contributed by atoms with Gasteiger partial charge >= 0.3 is 0 Å². The Morgan fingerprint density at radius 2 is 0.797 bits per heavy atom. The largest absolute Gasteiger partial charge is 0.350 e. The Morgan fingerprint density at radius 1 is 0.384 bits per heavy atom. The molecule has 0 radical (unpaired) electrons. The third-order valence-corrected chi connectivity index (χ3v) is 30.2. The number of nitrogens with zero attached hydrogens (tertiary/aromatic N) is 1. The van der Waals surface area contributed by atoms with E-state index in [2.05, 4.69) is 63.5 Å². The van der Waals surface area contributed by atoms with Gasteiger partial charge in [-0.3, -0.25) is 38.4 Å². The SMILES string of the molecule is Cc1cc(C)c(NC(=O)C(CS(=O)(=O)c2ccc3c(c2)CCC(=O)N3)c2ccccc2)c(C)c1.Cc1ccc(NC(=O)C(Cc2ccccc2)NS(=O)(=O)c2ccc3c(c2)CCC(=O)N3)c(C)c1.O=C1CCc2cc(S(=O)(=O)NC(C(=O)NCc3ccc(F)cc3)c3ccccc3)ccc2N1.O=C1CCc2cc(S(=O)(=O)NC(Cc3ccccc3)C(=O)N3CC=C(c4ccccc4)CC3)ccc2N1. The summed E-state index contributed by atoms with van der Waals surface area (Å²) < 4.78 is 127. The number of sulfone groups is 1. The zero-order valence-corrected chi connectivity index (χ0v) is 79.8. The minimum Gasteiger partial charge on any atom is -0.350 e. The number of halogens is 1. The monoisotopic (exact) mass is 1940 g/mol. The maximum absolute atomic E-state index is 13.6. The van der Waals surface area contributed by atoms with E-state index in [1.54, 1.807) is 114 Å². The lowest BCUT2D eigenvalue weighted by atomic mass is 9.98. The fourth-order valence-corrected chi connectivity index (χ4v) is 22.1. The first-order valence-corrected chi connectivity index (χ1v) is 51.2. The van der Waals surface area contributed by atoms with Crippen molar-refractivity contribution in [1.82, 2.24) is 24.4 Å². The molecule has 5 aliphatic heterocycles. The Morgan fingerprint density at radius 3 is 1.25 bits per heavy atom. The van der Waals surface area contributed by atoms with Crippen LogP contribution in [0.5, 0.6) is 0 Å². The van der Waals surface area contributed by atoms with Crippen LogP contribution in [-0.4, -0.2) is 117 Å². The van der Waals surface area contributed by atoms with Crippen molar-refractivity contribution < 1.29 is 76.4 Å². The average molecular weight is 1940 g/mol. The summed E-state index contributed by atoms with van der Waals surface area (Å²) in [6.45, 7) is 10.8. The lowest BCUT2D eigenvalue weighted by Gasteiger charge is -2.30. The number of carbonyl (C=O) groups excluding carboxylic acids is 8. The second kappa shape index (κ2) is 44.7. The van der Waals surface area contributed by atoms with Gasteiger partial charge in [-0.15, -0.1) is 0 Å². The summed E-state index contributed by atoms with van der Waals surface area (Å²) in [5, 5.41) is 19.6. The van der Waals surface area contributed by atoms with Gasteiger partial charge in [-0.25, -0.2) is 38.1 Å². The van der Waals surface area contributed by atoms with Crippen LogP contribution in [0.15, 0.2) is 305 Å².